The Morgan fingerprint density at radius 2 is 1.79 bits per heavy atom. The topological polar surface area (TPSA) is 39.2 Å². The van der Waals surface area contributed by atoms with E-state index >= 15 is 0 Å². The molecule has 0 atom stereocenters. The highest BCUT2D eigenvalue weighted by molar-refractivity contribution is 5.86. The molecule has 1 heterocycles. The van der Waals surface area contributed by atoms with Crippen LogP contribution >= 0.6 is 0 Å². The molecule has 19 heavy (non-hydrogen) atoms. The molecule has 3 heteroatoms. The summed E-state index contributed by atoms with van der Waals surface area (Å²) in [5.41, 5.74) is 2.85. The summed E-state index contributed by atoms with van der Waals surface area (Å²) in [5, 5.41) is 0. The molecule has 1 aromatic heterocycles. The molecule has 0 radical (unpaired) electrons. The monoisotopic (exact) mass is 255 g/mol. The molecule has 0 fully saturated rings. The second-order valence-corrected chi connectivity index (χ2v) is 4.38. The van der Waals surface area contributed by atoms with Gasteiger partial charge in [0.2, 0.25) is 0 Å². The van der Waals surface area contributed by atoms with E-state index in [0.717, 1.165) is 24.8 Å². The second-order valence-electron chi connectivity index (χ2n) is 4.38. The third-order valence-corrected chi connectivity index (χ3v) is 2.99. The maximum atomic E-state index is 11.2. The van der Waals surface area contributed by atoms with Crippen molar-refractivity contribution in [2.75, 3.05) is 7.11 Å². The Morgan fingerprint density at radius 1 is 1.05 bits per heavy atom. The zero-order valence-corrected chi connectivity index (χ0v) is 11.0. The first-order valence-corrected chi connectivity index (χ1v) is 6.37. The number of carbonyl (C=O) groups excluding carboxylic acids is 1. The summed E-state index contributed by atoms with van der Waals surface area (Å²) in [7, 11) is 1.36. The zero-order valence-electron chi connectivity index (χ0n) is 11.0. The molecule has 2 rings (SSSR count). The molecule has 0 saturated carbocycles. The number of aryl methyl sites for hydroxylation is 2. The van der Waals surface area contributed by atoms with Crippen LogP contribution in [0.4, 0.5) is 0 Å². The van der Waals surface area contributed by atoms with E-state index in [2.05, 4.69) is 34.0 Å². The lowest BCUT2D eigenvalue weighted by molar-refractivity contribution is 0.0594. The van der Waals surface area contributed by atoms with Gasteiger partial charge in [0.15, 0.2) is 0 Å². The molecule has 1 aromatic carbocycles. The van der Waals surface area contributed by atoms with Gasteiger partial charge in [-0.1, -0.05) is 36.4 Å². The highest BCUT2D eigenvalue weighted by Gasteiger charge is 2.05. The number of aromatic nitrogens is 1. The molecule has 0 N–H and O–H groups in total. The number of pyridine rings is 1. The molecule has 0 bridgehead atoms. The van der Waals surface area contributed by atoms with Crippen LogP contribution in [-0.2, 0) is 17.6 Å². The fourth-order valence-electron chi connectivity index (χ4n) is 1.94. The Labute approximate surface area is 113 Å². The van der Waals surface area contributed by atoms with Crippen molar-refractivity contribution >= 4 is 5.97 Å². The number of hydrogen-bond acceptors (Lipinski definition) is 3. The summed E-state index contributed by atoms with van der Waals surface area (Å²) < 4.78 is 4.61. The molecule has 0 saturated heterocycles. The van der Waals surface area contributed by atoms with E-state index in [0.29, 0.717) is 5.69 Å². The van der Waals surface area contributed by atoms with Gasteiger partial charge in [0.25, 0.3) is 0 Å². The van der Waals surface area contributed by atoms with Crippen LogP contribution < -0.4 is 0 Å². The average molecular weight is 255 g/mol. The third-order valence-electron chi connectivity index (χ3n) is 2.99. The van der Waals surface area contributed by atoms with Gasteiger partial charge in [-0.25, -0.2) is 9.78 Å². The SMILES string of the molecule is COC(=O)c1ccc(CCCc2ccccc2)cn1. The minimum Gasteiger partial charge on any atom is -0.464 e. The molecule has 0 amide bonds. The number of esters is 1. The summed E-state index contributed by atoms with van der Waals surface area (Å²) >= 11 is 0. The Kier molecular flexibility index (Phi) is 4.67. The minimum atomic E-state index is -0.393. The fourth-order valence-corrected chi connectivity index (χ4v) is 1.94. The van der Waals surface area contributed by atoms with Crippen molar-refractivity contribution in [1.29, 1.82) is 0 Å². The van der Waals surface area contributed by atoms with Gasteiger partial charge >= 0.3 is 5.97 Å². The highest BCUT2D eigenvalue weighted by atomic mass is 16.5. The number of hydrogen-bond donors (Lipinski definition) is 0. The van der Waals surface area contributed by atoms with Crippen molar-refractivity contribution in [3.8, 4) is 0 Å². The largest absolute Gasteiger partial charge is 0.464 e. The van der Waals surface area contributed by atoms with Crippen molar-refractivity contribution < 1.29 is 9.53 Å². The molecule has 0 aliphatic rings. The van der Waals surface area contributed by atoms with Gasteiger partial charge in [-0.2, -0.15) is 0 Å². The first-order valence-electron chi connectivity index (χ1n) is 6.37. The maximum absolute atomic E-state index is 11.2. The number of nitrogens with zero attached hydrogens (tertiary/aromatic N) is 1. The molecular weight excluding hydrogens is 238 g/mol. The van der Waals surface area contributed by atoms with Crippen molar-refractivity contribution in [1.82, 2.24) is 4.98 Å². The van der Waals surface area contributed by atoms with Crippen LogP contribution in [0, 0.1) is 0 Å². The predicted octanol–water partition coefficient (Wildman–Crippen LogP) is 3.04. The summed E-state index contributed by atoms with van der Waals surface area (Å²) in [6.45, 7) is 0. The van der Waals surface area contributed by atoms with Crippen LogP contribution in [0.5, 0.6) is 0 Å². The van der Waals surface area contributed by atoms with Crippen LogP contribution in [-0.4, -0.2) is 18.1 Å². The molecule has 98 valence electrons. The van der Waals surface area contributed by atoms with Crippen molar-refractivity contribution in [3.63, 3.8) is 0 Å². The van der Waals surface area contributed by atoms with Crippen molar-refractivity contribution in [2.24, 2.45) is 0 Å². The molecule has 3 nitrogen and oxygen atoms in total. The van der Waals surface area contributed by atoms with Gasteiger partial charge in [-0.15, -0.1) is 0 Å². The highest BCUT2D eigenvalue weighted by Crippen LogP contribution is 2.08. The molecule has 0 unspecified atom stereocenters. The van der Waals surface area contributed by atoms with E-state index in [1.165, 1.54) is 12.7 Å². The Balaban J connectivity index is 1.85. The number of benzene rings is 1. The fraction of sp³-hybridized carbons (Fsp3) is 0.250. The quantitative estimate of drug-likeness (QED) is 0.771. The van der Waals surface area contributed by atoms with E-state index in [1.54, 1.807) is 12.3 Å². The Morgan fingerprint density at radius 3 is 2.42 bits per heavy atom. The van der Waals surface area contributed by atoms with E-state index in [4.69, 9.17) is 0 Å². The zero-order chi connectivity index (χ0) is 13.5. The smallest absolute Gasteiger partial charge is 0.356 e. The average Bonchev–Trinajstić information content (AvgIpc) is 2.48. The van der Waals surface area contributed by atoms with Crippen LogP contribution in [0.1, 0.15) is 28.0 Å². The predicted molar refractivity (Wildman–Crippen MR) is 74.0 cm³/mol. The lowest BCUT2D eigenvalue weighted by Crippen LogP contribution is -2.04. The second kappa shape index (κ2) is 6.69. The van der Waals surface area contributed by atoms with Gasteiger partial charge in [-0.3, -0.25) is 0 Å². The van der Waals surface area contributed by atoms with E-state index in [1.807, 2.05) is 12.1 Å². The molecule has 0 aliphatic heterocycles. The molecule has 0 aliphatic carbocycles. The summed E-state index contributed by atoms with van der Waals surface area (Å²) in [6, 6.07) is 14.1. The first kappa shape index (κ1) is 13.3. The van der Waals surface area contributed by atoms with Gasteiger partial charge in [0.05, 0.1) is 7.11 Å². The number of ether oxygens (including phenoxy) is 1. The van der Waals surface area contributed by atoms with Gasteiger partial charge in [-0.05, 0) is 36.5 Å². The molecule has 0 spiro atoms. The van der Waals surface area contributed by atoms with Crippen molar-refractivity contribution in [3.05, 3.63) is 65.5 Å². The summed E-state index contributed by atoms with van der Waals surface area (Å²) in [6.07, 6.45) is 4.84. The van der Waals surface area contributed by atoms with Gasteiger partial charge < -0.3 is 4.74 Å². The van der Waals surface area contributed by atoms with Crippen LogP contribution in [0.2, 0.25) is 0 Å². The van der Waals surface area contributed by atoms with Crippen LogP contribution in [0.15, 0.2) is 48.7 Å². The third kappa shape index (κ3) is 3.91. The normalized spacial score (nSPS) is 10.2. The summed E-state index contributed by atoms with van der Waals surface area (Å²) in [4.78, 5) is 15.3. The lowest BCUT2D eigenvalue weighted by atomic mass is 10.1. The number of rotatable bonds is 5. The number of methoxy groups -OCH3 is 1. The first-order chi connectivity index (χ1) is 9.29. The van der Waals surface area contributed by atoms with Gasteiger partial charge in [0.1, 0.15) is 5.69 Å². The van der Waals surface area contributed by atoms with E-state index in [9.17, 15) is 4.79 Å². The van der Waals surface area contributed by atoms with Crippen LogP contribution in [0.3, 0.4) is 0 Å². The van der Waals surface area contributed by atoms with Gasteiger partial charge in [0, 0.05) is 6.20 Å². The van der Waals surface area contributed by atoms with E-state index < -0.39 is 5.97 Å². The Bertz CT molecular complexity index is 520. The Hall–Kier alpha value is -2.16. The summed E-state index contributed by atoms with van der Waals surface area (Å²) in [5.74, 6) is -0.393. The van der Waals surface area contributed by atoms with Crippen LogP contribution in [0.25, 0.3) is 0 Å². The molecule has 2 aromatic rings. The standard InChI is InChI=1S/C16H17NO2/c1-19-16(18)15-11-10-14(12-17-15)9-5-8-13-6-3-2-4-7-13/h2-4,6-7,10-12H,5,8-9H2,1H3. The minimum absolute atomic E-state index is 0.356. The molecular formula is C16H17NO2. The number of carbonyl (C=O) groups is 1. The lowest BCUT2D eigenvalue weighted by Gasteiger charge is -2.03. The van der Waals surface area contributed by atoms with Crippen molar-refractivity contribution in [2.45, 2.75) is 19.3 Å². The van der Waals surface area contributed by atoms with E-state index in [-0.39, 0.29) is 0 Å². The maximum Gasteiger partial charge on any atom is 0.356 e.